The quantitative estimate of drug-likeness (QED) is 0.353. The molecule has 4 rings (SSSR count). The van der Waals surface area contributed by atoms with Gasteiger partial charge in [0, 0.05) is 11.1 Å². The first-order valence-electron chi connectivity index (χ1n) is 9.11. The van der Waals surface area contributed by atoms with E-state index in [9.17, 15) is 13.2 Å². The second-order valence-electron chi connectivity index (χ2n) is 6.54. The van der Waals surface area contributed by atoms with Crippen molar-refractivity contribution in [2.75, 3.05) is 0 Å². The lowest BCUT2D eigenvalue weighted by molar-refractivity contribution is -0.129. The van der Waals surface area contributed by atoms with E-state index in [0.29, 0.717) is 11.1 Å². The third-order valence-electron chi connectivity index (χ3n) is 4.44. The SMILES string of the molecule is Cc1ccccc1C1=N/C(=C\c2ccccc2OS(=O)(=O)c2ccccc2)C(=O)O1. The van der Waals surface area contributed by atoms with E-state index < -0.39 is 16.1 Å². The van der Waals surface area contributed by atoms with Gasteiger partial charge in [-0.2, -0.15) is 8.42 Å². The second kappa shape index (κ2) is 7.96. The summed E-state index contributed by atoms with van der Waals surface area (Å²) >= 11 is 0. The number of hydrogen-bond donors (Lipinski definition) is 0. The predicted molar refractivity (Wildman–Crippen MR) is 112 cm³/mol. The Morgan fingerprint density at radius 1 is 0.900 bits per heavy atom. The summed E-state index contributed by atoms with van der Waals surface area (Å²) < 4.78 is 35.8. The molecule has 0 bridgehead atoms. The topological polar surface area (TPSA) is 82.0 Å². The zero-order valence-electron chi connectivity index (χ0n) is 16.0. The normalized spacial score (nSPS) is 15.0. The van der Waals surface area contributed by atoms with Gasteiger partial charge in [0.2, 0.25) is 5.90 Å². The number of esters is 1. The lowest BCUT2D eigenvalue weighted by atomic mass is 10.1. The average molecular weight is 419 g/mol. The van der Waals surface area contributed by atoms with Gasteiger partial charge in [-0.1, -0.05) is 54.6 Å². The van der Waals surface area contributed by atoms with E-state index >= 15 is 0 Å². The molecule has 3 aromatic rings. The number of aliphatic imine (C=N–C) groups is 1. The molecule has 0 atom stereocenters. The number of cyclic esters (lactones) is 1. The third kappa shape index (κ3) is 4.01. The standard InChI is InChI=1S/C23H17NO5S/c1-16-9-5-7-13-19(16)22-24-20(23(25)28-22)15-17-10-6-8-14-21(17)29-30(26,27)18-11-3-2-4-12-18/h2-15H,1H3/b20-15-. The molecule has 0 amide bonds. The molecule has 1 heterocycles. The van der Waals surface area contributed by atoms with Crippen molar-refractivity contribution in [2.45, 2.75) is 11.8 Å². The minimum absolute atomic E-state index is 0.0348. The summed E-state index contributed by atoms with van der Waals surface area (Å²) in [7, 11) is -4.02. The summed E-state index contributed by atoms with van der Waals surface area (Å²) in [6.45, 7) is 1.89. The third-order valence-corrected chi connectivity index (χ3v) is 5.69. The molecule has 3 aromatic carbocycles. The number of aryl methyl sites for hydroxylation is 1. The summed E-state index contributed by atoms with van der Waals surface area (Å²) in [6, 6.07) is 21.8. The van der Waals surface area contributed by atoms with Crippen LogP contribution in [0.5, 0.6) is 5.75 Å². The molecule has 6 nitrogen and oxygen atoms in total. The number of nitrogens with zero attached hydrogens (tertiary/aromatic N) is 1. The molecule has 0 N–H and O–H groups in total. The number of rotatable bonds is 5. The van der Waals surface area contributed by atoms with Crippen molar-refractivity contribution in [1.29, 1.82) is 0 Å². The fourth-order valence-corrected chi connectivity index (χ4v) is 3.89. The molecule has 0 aliphatic carbocycles. The minimum atomic E-state index is -4.02. The van der Waals surface area contributed by atoms with Crippen molar-refractivity contribution in [3.05, 3.63) is 101 Å². The van der Waals surface area contributed by atoms with Gasteiger partial charge in [0.1, 0.15) is 10.6 Å². The van der Waals surface area contributed by atoms with Crippen LogP contribution in [0, 0.1) is 6.92 Å². The number of carbonyl (C=O) groups excluding carboxylic acids is 1. The first-order chi connectivity index (χ1) is 14.4. The van der Waals surface area contributed by atoms with E-state index in [2.05, 4.69) is 4.99 Å². The Balaban J connectivity index is 1.68. The Morgan fingerprint density at radius 3 is 2.33 bits per heavy atom. The highest BCUT2D eigenvalue weighted by atomic mass is 32.2. The van der Waals surface area contributed by atoms with Gasteiger partial charge in [-0.05, 0) is 42.8 Å². The Labute approximate surface area is 174 Å². The highest BCUT2D eigenvalue weighted by Crippen LogP contribution is 2.27. The van der Waals surface area contributed by atoms with E-state index in [0.717, 1.165) is 5.56 Å². The highest BCUT2D eigenvalue weighted by molar-refractivity contribution is 7.87. The van der Waals surface area contributed by atoms with Crippen LogP contribution in [0.15, 0.2) is 94.4 Å². The zero-order valence-corrected chi connectivity index (χ0v) is 16.8. The number of carbonyl (C=O) groups is 1. The summed E-state index contributed by atoms with van der Waals surface area (Å²) in [5.74, 6) is -0.324. The molecule has 0 radical (unpaired) electrons. The van der Waals surface area contributed by atoms with Gasteiger partial charge < -0.3 is 8.92 Å². The van der Waals surface area contributed by atoms with Crippen molar-refractivity contribution in [3.8, 4) is 5.75 Å². The average Bonchev–Trinajstić information content (AvgIpc) is 3.10. The van der Waals surface area contributed by atoms with Crippen molar-refractivity contribution >= 4 is 28.1 Å². The van der Waals surface area contributed by atoms with Crippen LogP contribution in [0.25, 0.3) is 6.08 Å². The van der Waals surface area contributed by atoms with Gasteiger partial charge >= 0.3 is 16.1 Å². The fraction of sp³-hybridized carbons (Fsp3) is 0.0435. The Bertz CT molecular complexity index is 1280. The number of para-hydroxylation sites is 1. The number of benzene rings is 3. The molecule has 0 spiro atoms. The molecular weight excluding hydrogens is 402 g/mol. The first-order valence-corrected chi connectivity index (χ1v) is 10.5. The van der Waals surface area contributed by atoms with Crippen molar-refractivity contribution in [1.82, 2.24) is 0 Å². The lowest BCUT2D eigenvalue weighted by Crippen LogP contribution is -2.10. The van der Waals surface area contributed by atoms with Gasteiger partial charge in [0.15, 0.2) is 5.70 Å². The Kier molecular flexibility index (Phi) is 5.20. The van der Waals surface area contributed by atoms with E-state index in [1.54, 1.807) is 36.4 Å². The smallest absolute Gasteiger partial charge is 0.363 e. The molecule has 30 heavy (non-hydrogen) atoms. The maximum atomic E-state index is 12.6. The fourth-order valence-electron chi connectivity index (χ4n) is 2.91. The van der Waals surface area contributed by atoms with Crippen LogP contribution in [0.2, 0.25) is 0 Å². The van der Waals surface area contributed by atoms with Crippen LogP contribution < -0.4 is 4.18 Å². The highest BCUT2D eigenvalue weighted by Gasteiger charge is 2.26. The molecule has 0 fully saturated rings. The number of hydrogen-bond acceptors (Lipinski definition) is 6. The van der Waals surface area contributed by atoms with Gasteiger partial charge in [-0.15, -0.1) is 0 Å². The summed E-state index contributed by atoms with van der Waals surface area (Å²) in [5, 5.41) is 0. The van der Waals surface area contributed by atoms with Crippen LogP contribution in [0.4, 0.5) is 0 Å². The predicted octanol–water partition coefficient (Wildman–Crippen LogP) is 4.11. The monoisotopic (exact) mass is 419 g/mol. The molecule has 0 aromatic heterocycles. The van der Waals surface area contributed by atoms with E-state index in [1.807, 2.05) is 31.2 Å². The summed E-state index contributed by atoms with van der Waals surface area (Å²) in [4.78, 5) is 16.7. The Hall–Kier alpha value is -3.71. The first kappa shape index (κ1) is 19.6. The minimum Gasteiger partial charge on any atom is -0.402 e. The van der Waals surface area contributed by atoms with Gasteiger partial charge in [-0.25, -0.2) is 9.79 Å². The van der Waals surface area contributed by atoms with Crippen LogP contribution in [0.1, 0.15) is 16.7 Å². The maximum Gasteiger partial charge on any atom is 0.363 e. The molecule has 1 aliphatic rings. The van der Waals surface area contributed by atoms with Crippen molar-refractivity contribution < 1.29 is 22.1 Å². The number of ether oxygens (including phenoxy) is 1. The Morgan fingerprint density at radius 2 is 1.57 bits per heavy atom. The van der Waals surface area contributed by atoms with Crippen LogP contribution in [0.3, 0.4) is 0 Å². The molecule has 7 heteroatoms. The largest absolute Gasteiger partial charge is 0.402 e. The maximum absolute atomic E-state index is 12.6. The van der Waals surface area contributed by atoms with Gasteiger partial charge in [0.05, 0.1) is 0 Å². The molecule has 150 valence electrons. The molecule has 1 aliphatic heterocycles. The zero-order chi connectivity index (χ0) is 21.1. The molecule has 0 unspecified atom stereocenters. The summed E-state index contributed by atoms with van der Waals surface area (Å²) in [5.41, 5.74) is 2.08. The second-order valence-corrected chi connectivity index (χ2v) is 8.09. The lowest BCUT2D eigenvalue weighted by Gasteiger charge is -2.09. The van der Waals surface area contributed by atoms with Crippen molar-refractivity contribution in [3.63, 3.8) is 0 Å². The van der Waals surface area contributed by atoms with Gasteiger partial charge in [0.25, 0.3) is 0 Å². The van der Waals surface area contributed by atoms with Crippen LogP contribution in [-0.2, 0) is 19.6 Å². The van der Waals surface area contributed by atoms with Crippen LogP contribution >= 0.6 is 0 Å². The van der Waals surface area contributed by atoms with E-state index in [1.165, 1.54) is 24.3 Å². The molecule has 0 saturated heterocycles. The summed E-state index contributed by atoms with van der Waals surface area (Å²) in [6.07, 6.45) is 1.45. The van der Waals surface area contributed by atoms with Crippen molar-refractivity contribution in [2.24, 2.45) is 4.99 Å². The molecular formula is C23H17NO5S. The van der Waals surface area contributed by atoms with E-state index in [4.69, 9.17) is 8.92 Å². The molecule has 0 saturated carbocycles. The van der Waals surface area contributed by atoms with E-state index in [-0.39, 0.29) is 22.2 Å². The van der Waals surface area contributed by atoms with Crippen LogP contribution in [-0.4, -0.2) is 20.3 Å². The van der Waals surface area contributed by atoms with Gasteiger partial charge in [-0.3, -0.25) is 0 Å².